The molecule has 2 aromatic rings. The van der Waals surface area contributed by atoms with Crippen molar-refractivity contribution in [1.29, 1.82) is 0 Å². The Bertz CT molecular complexity index is 927. The number of rotatable bonds is 11. The van der Waals surface area contributed by atoms with Gasteiger partial charge in [-0.15, -0.1) is 0 Å². The first-order chi connectivity index (χ1) is 15.7. The van der Waals surface area contributed by atoms with Gasteiger partial charge >= 0.3 is 0 Å². The summed E-state index contributed by atoms with van der Waals surface area (Å²) in [4.78, 5) is 37.5. The van der Waals surface area contributed by atoms with Crippen molar-refractivity contribution in [2.75, 3.05) is 39.3 Å². The van der Waals surface area contributed by atoms with Crippen molar-refractivity contribution in [2.24, 2.45) is 0 Å². The molecule has 0 aliphatic rings. The second kappa shape index (κ2) is 12.2. The van der Waals surface area contributed by atoms with E-state index in [-0.39, 0.29) is 30.1 Å². The van der Waals surface area contributed by atoms with Gasteiger partial charge in [-0.2, -0.15) is 0 Å². The Labute approximate surface area is 190 Å². The smallest absolute Gasteiger partial charge is 0.255 e. The highest BCUT2D eigenvalue weighted by Crippen LogP contribution is 2.28. The molecule has 11 heteroatoms. The molecule has 0 aliphatic carbocycles. The van der Waals surface area contributed by atoms with E-state index >= 15 is 0 Å². The minimum Gasteiger partial charge on any atom is -0.504 e. The van der Waals surface area contributed by atoms with E-state index in [1.165, 1.54) is 43.3 Å². The van der Waals surface area contributed by atoms with Crippen LogP contribution in [0.2, 0.25) is 0 Å². The second-order valence-corrected chi connectivity index (χ2v) is 7.18. The molecule has 0 heterocycles. The molecule has 33 heavy (non-hydrogen) atoms. The molecule has 178 valence electrons. The average Bonchev–Trinajstić information content (AvgIpc) is 2.76. The van der Waals surface area contributed by atoms with E-state index in [1.54, 1.807) is 0 Å². The number of hydrogen-bond donors (Lipinski definition) is 7. The summed E-state index contributed by atoms with van der Waals surface area (Å²) in [6, 6.07) is 8.17. The Morgan fingerprint density at radius 2 is 1.09 bits per heavy atom. The third-order valence-corrected chi connectivity index (χ3v) is 4.75. The summed E-state index contributed by atoms with van der Waals surface area (Å²) in [5, 5.41) is 46.6. The number of nitrogens with zero attached hydrogens (tertiary/aromatic N) is 1. The van der Waals surface area contributed by atoms with Gasteiger partial charge in [0.2, 0.25) is 5.91 Å². The van der Waals surface area contributed by atoms with Crippen LogP contribution in [0.4, 0.5) is 0 Å². The van der Waals surface area contributed by atoms with Crippen LogP contribution in [0.5, 0.6) is 23.0 Å². The number of phenolic OH excluding ortho intramolecular Hbond substituents is 4. The maximum absolute atomic E-state index is 12.3. The maximum atomic E-state index is 12.3. The molecule has 0 unspecified atom stereocenters. The lowest BCUT2D eigenvalue weighted by Crippen LogP contribution is -2.42. The quantitative estimate of drug-likeness (QED) is 0.232. The molecule has 0 atom stereocenters. The molecule has 0 radical (unpaired) electrons. The number of aromatic hydroxyl groups is 4. The van der Waals surface area contributed by atoms with Crippen molar-refractivity contribution < 1.29 is 34.8 Å². The van der Waals surface area contributed by atoms with Gasteiger partial charge < -0.3 is 36.4 Å². The van der Waals surface area contributed by atoms with Crippen LogP contribution in [0.15, 0.2) is 36.4 Å². The SMILES string of the molecule is CC(=O)NCCN(CCNC(=O)c1cccc(O)c1O)CCNC(=O)c1cccc(O)c1O. The van der Waals surface area contributed by atoms with Crippen LogP contribution >= 0.6 is 0 Å². The number of amides is 3. The van der Waals surface area contributed by atoms with Crippen LogP contribution in [0.3, 0.4) is 0 Å². The molecule has 2 rings (SSSR count). The van der Waals surface area contributed by atoms with E-state index in [0.29, 0.717) is 26.2 Å². The number of nitrogens with one attached hydrogen (secondary N) is 3. The minimum atomic E-state index is -0.558. The standard InChI is InChI=1S/C22H28N4O7/c1-14(27)23-8-11-26(12-9-24-21(32)15-4-2-6-17(28)19(15)30)13-10-25-22(33)16-5-3-7-18(29)20(16)31/h2-7,28-31H,8-13H2,1H3,(H,23,27)(H,24,32)(H,25,33). The summed E-state index contributed by atoms with van der Waals surface area (Å²) in [5.41, 5.74) is -0.115. The molecule has 3 amide bonds. The predicted molar refractivity (Wildman–Crippen MR) is 119 cm³/mol. The topological polar surface area (TPSA) is 171 Å². The summed E-state index contributed by atoms with van der Waals surface area (Å²) >= 11 is 0. The van der Waals surface area contributed by atoms with Crippen LogP contribution in [0.1, 0.15) is 27.6 Å². The van der Waals surface area contributed by atoms with Gasteiger partial charge in [0.05, 0.1) is 11.1 Å². The van der Waals surface area contributed by atoms with Crippen molar-refractivity contribution in [1.82, 2.24) is 20.9 Å². The van der Waals surface area contributed by atoms with Gasteiger partial charge in [0.1, 0.15) is 0 Å². The average molecular weight is 460 g/mol. The van der Waals surface area contributed by atoms with Crippen LogP contribution in [0.25, 0.3) is 0 Å². The fraction of sp³-hybridized carbons (Fsp3) is 0.318. The maximum Gasteiger partial charge on any atom is 0.255 e. The van der Waals surface area contributed by atoms with Gasteiger partial charge in [0, 0.05) is 46.2 Å². The Kier molecular flexibility index (Phi) is 9.30. The van der Waals surface area contributed by atoms with Crippen molar-refractivity contribution >= 4 is 17.7 Å². The van der Waals surface area contributed by atoms with Gasteiger partial charge in [-0.05, 0) is 24.3 Å². The summed E-state index contributed by atoms with van der Waals surface area (Å²) < 4.78 is 0. The summed E-state index contributed by atoms with van der Waals surface area (Å²) in [6.45, 7) is 3.35. The van der Waals surface area contributed by atoms with Crippen molar-refractivity contribution in [2.45, 2.75) is 6.92 Å². The van der Waals surface area contributed by atoms with Crippen molar-refractivity contribution in [3.05, 3.63) is 47.5 Å². The number of carbonyl (C=O) groups is 3. The highest BCUT2D eigenvalue weighted by atomic mass is 16.3. The van der Waals surface area contributed by atoms with E-state index in [1.807, 2.05) is 4.90 Å². The highest BCUT2D eigenvalue weighted by Gasteiger charge is 2.16. The first kappa shape index (κ1) is 25.3. The number of hydrogen-bond acceptors (Lipinski definition) is 8. The fourth-order valence-electron chi connectivity index (χ4n) is 3.00. The van der Waals surface area contributed by atoms with Crippen LogP contribution in [0, 0.1) is 0 Å². The molecule has 7 N–H and O–H groups in total. The molecule has 0 saturated heterocycles. The molecule has 11 nitrogen and oxygen atoms in total. The van der Waals surface area contributed by atoms with Gasteiger partial charge in [0.15, 0.2) is 23.0 Å². The van der Waals surface area contributed by atoms with Gasteiger partial charge in [-0.1, -0.05) is 12.1 Å². The van der Waals surface area contributed by atoms with Gasteiger partial charge in [-0.3, -0.25) is 19.3 Å². The van der Waals surface area contributed by atoms with Crippen LogP contribution in [-0.2, 0) is 4.79 Å². The molecule has 0 saturated carbocycles. The summed E-state index contributed by atoms with van der Waals surface area (Å²) in [5.74, 6) is -3.10. The first-order valence-electron chi connectivity index (χ1n) is 10.3. The Morgan fingerprint density at radius 1 is 0.697 bits per heavy atom. The fourth-order valence-corrected chi connectivity index (χ4v) is 3.00. The zero-order chi connectivity index (χ0) is 24.4. The van der Waals surface area contributed by atoms with E-state index in [0.717, 1.165) is 0 Å². The lowest BCUT2D eigenvalue weighted by molar-refractivity contribution is -0.119. The van der Waals surface area contributed by atoms with E-state index in [2.05, 4.69) is 16.0 Å². The molecule has 0 spiro atoms. The van der Waals surface area contributed by atoms with Gasteiger partial charge in [0.25, 0.3) is 11.8 Å². The molecular formula is C22H28N4O7. The first-order valence-corrected chi connectivity index (χ1v) is 10.3. The molecule has 2 aromatic carbocycles. The van der Waals surface area contributed by atoms with Crippen molar-refractivity contribution in [3.8, 4) is 23.0 Å². The lowest BCUT2D eigenvalue weighted by atomic mass is 10.1. The Balaban J connectivity index is 1.89. The molecule has 0 bridgehead atoms. The zero-order valence-corrected chi connectivity index (χ0v) is 18.2. The van der Waals surface area contributed by atoms with Crippen LogP contribution in [-0.4, -0.2) is 82.3 Å². The molecular weight excluding hydrogens is 432 g/mol. The summed E-state index contributed by atoms with van der Waals surface area (Å²) in [6.07, 6.45) is 0. The Morgan fingerprint density at radius 3 is 1.48 bits per heavy atom. The molecule has 0 aromatic heterocycles. The molecule has 0 fully saturated rings. The van der Waals surface area contributed by atoms with E-state index in [4.69, 9.17) is 0 Å². The van der Waals surface area contributed by atoms with E-state index < -0.39 is 34.8 Å². The van der Waals surface area contributed by atoms with Gasteiger partial charge in [-0.25, -0.2) is 0 Å². The number of carbonyl (C=O) groups excluding carboxylic acids is 3. The number of benzene rings is 2. The van der Waals surface area contributed by atoms with Crippen LogP contribution < -0.4 is 16.0 Å². The normalized spacial score (nSPS) is 10.6. The number of phenols is 4. The van der Waals surface area contributed by atoms with E-state index in [9.17, 15) is 34.8 Å². The largest absolute Gasteiger partial charge is 0.504 e. The van der Waals surface area contributed by atoms with Crippen molar-refractivity contribution in [3.63, 3.8) is 0 Å². The highest BCUT2D eigenvalue weighted by molar-refractivity contribution is 5.98. The molecule has 0 aliphatic heterocycles. The minimum absolute atomic E-state index is 0.0574. The second-order valence-electron chi connectivity index (χ2n) is 7.18. The predicted octanol–water partition coefficient (Wildman–Crippen LogP) is 0.107. The third kappa shape index (κ3) is 7.58. The lowest BCUT2D eigenvalue weighted by Gasteiger charge is -2.23. The number of para-hydroxylation sites is 2. The monoisotopic (exact) mass is 460 g/mol. The summed E-state index contributed by atoms with van der Waals surface area (Å²) in [7, 11) is 0. The zero-order valence-electron chi connectivity index (χ0n) is 18.2. The third-order valence-electron chi connectivity index (χ3n) is 4.75. The Hall–Kier alpha value is -3.99.